The van der Waals surface area contributed by atoms with Crippen molar-refractivity contribution in [3.63, 3.8) is 0 Å². The Balaban J connectivity index is -0.000000333. The third kappa shape index (κ3) is 26.8. The van der Waals surface area contributed by atoms with Gasteiger partial charge in [-0.2, -0.15) is 0 Å². The van der Waals surface area contributed by atoms with Crippen molar-refractivity contribution in [1.29, 1.82) is 0 Å². The van der Waals surface area contributed by atoms with Gasteiger partial charge in [0.15, 0.2) is 0 Å². The quantitative estimate of drug-likeness (QED) is 0.196. The van der Waals surface area contributed by atoms with Crippen molar-refractivity contribution in [2.24, 2.45) is 0 Å². The number of rotatable bonds is 8. The Hall–Kier alpha value is -0.440. The van der Waals surface area contributed by atoms with Crippen LogP contribution in [0.1, 0.15) is 67.2 Å². The van der Waals surface area contributed by atoms with Crippen molar-refractivity contribution >= 4 is 12.6 Å². The van der Waals surface area contributed by atoms with Crippen LogP contribution in [0.15, 0.2) is 46.6 Å². The van der Waals surface area contributed by atoms with Crippen LogP contribution in [0.3, 0.4) is 0 Å². The summed E-state index contributed by atoms with van der Waals surface area (Å²) < 4.78 is 0. The van der Waals surface area contributed by atoms with E-state index in [4.69, 9.17) is 0 Å². The zero-order chi connectivity index (χ0) is 17.4. The van der Waals surface area contributed by atoms with E-state index >= 15 is 0 Å². The predicted octanol–water partition coefficient (Wildman–Crippen LogP) is 5.76. The Labute approximate surface area is 172 Å². The molecule has 3 heteroatoms. The maximum atomic E-state index is 10.0. The number of hydrogen-bond donors (Lipinski definition) is 0. The van der Waals surface area contributed by atoms with Gasteiger partial charge in [-0.3, -0.25) is 9.59 Å². The molecule has 0 N–H and O–H groups in total. The first-order chi connectivity index (χ1) is 10.3. The van der Waals surface area contributed by atoms with Crippen molar-refractivity contribution in [3.05, 3.63) is 46.6 Å². The fourth-order valence-corrected chi connectivity index (χ4v) is 1.58. The van der Waals surface area contributed by atoms with Crippen LogP contribution in [0, 0.1) is 37.7 Å². The van der Waals surface area contributed by atoms with Crippen molar-refractivity contribution in [2.45, 2.75) is 67.2 Å². The zero-order valence-electron chi connectivity index (χ0n) is 15.4. The molecule has 0 saturated heterocycles. The van der Waals surface area contributed by atoms with E-state index in [0.717, 1.165) is 49.4 Å². The fraction of sp³-hybridized carbons (Fsp3) is 0.500. The molecule has 0 spiro atoms. The first kappa shape index (κ1) is 27.4. The molecule has 0 aromatic heterocycles. The number of hydrogen-bond acceptors (Lipinski definition) is 2. The minimum atomic E-state index is 0. The first-order valence-corrected chi connectivity index (χ1v) is 7.82. The second kappa shape index (κ2) is 19.6. The number of carbonyl (C=O) groups excluding carboxylic acids is 2. The average molecular weight is 469 g/mol. The summed E-state index contributed by atoms with van der Waals surface area (Å²) in [4.78, 5) is 20.0. The molecule has 0 aliphatic rings. The second-order valence-electron chi connectivity index (χ2n) is 5.94. The van der Waals surface area contributed by atoms with Gasteiger partial charge >= 0.3 is 0 Å². The summed E-state index contributed by atoms with van der Waals surface area (Å²) >= 11 is 0. The maximum absolute atomic E-state index is 10.0. The summed E-state index contributed by atoms with van der Waals surface area (Å²) in [6.45, 7) is 12.3. The Morgan fingerprint density at radius 3 is 1.17 bits per heavy atom. The SMILES string of the molecule is CC(C)=CCC/C(C)=C\C=O.CC(C)=CCC/C(C)=C\C=O.[Ho]. The molecule has 0 bridgehead atoms. The minimum absolute atomic E-state index is 0. The van der Waals surface area contributed by atoms with Crippen LogP contribution in [0.5, 0.6) is 0 Å². The Morgan fingerprint density at radius 1 is 0.652 bits per heavy atom. The van der Waals surface area contributed by atoms with E-state index in [1.54, 1.807) is 12.2 Å². The molecular formula is C20H32HoO2. The van der Waals surface area contributed by atoms with Gasteiger partial charge in [-0.05, 0) is 79.4 Å². The molecule has 0 aromatic rings. The molecule has 0 saturated carbocycles. The van der Waals surface area contributed by atoms with Crippen molar-refractivity contribution < 1.29 is 47.3 Å². The maximum Gasteiger partial charge on any atom is 0.142 e. The van der Waals surface area contributed by atoms with E-state index in [1.807, 2.05) is 13.8 Å². The molecule has 1 radical (unpaired) electrons. The normalized spacial score (nSPS) is 10.5. The topological polar surface area (TPSA) is 34.1 Å². The van der Waals surface area contributed by atoms with Crippen LogP contribution in [0.2, 0.25) is 0 Å². The van der Waals surface area contributed by atoms with E-state index in [9.17, 15) is 9.59 Å². The summed E-state index contributed by atoms with van der Waals surface area (Å²) in [7, 11) is 0. The smallest absolute Gasteiger partial charge is 0.142 e. The van der Waals surface area contributed by atoms with E-state index < -0.39 is 0 Å². The van der Waals surface area contributed by atoms with Gasteiger partial charge in [0.2, 0.25) is 0 Å². The standard InChI is InChI=1S/2C10H16O.Ho/c2*1-9(2)5-4-6-10(3)7-8-11;/h2*5,7-8H,4,6H2,1-3H3;/b2*10-7-;. The molecule has 0 fully saturated rings. The van der Waals surface area contributed by atoms with E-state index in [2.05, 4.69) is 39.8 Å². The van der Waals surface area contributed by atoms with Crippen LogP contribution in [-0.4, -0.2) is 12.6 Å². The van der Waals surface area contributed by atoms with Crippen LogP contribution >= 0.6 is 0 Å². The largest absolute Gasteiger partial charge is 0.299 e. The third-order valence-electron chi connectivity index (χ3n) is 2.89. The Morgan fingerprint density at radius 2 is 0.957 bits per heavy atom. The summed E-state index contributed by atoms with van der Waals surface area (Å²) in [5.74, 6) is 0. The Bertz CT molecular complexity index is 391. The molecule has 2 nitrogen and oxygen atoms in total. The molecule has 0 aliphatic heterocycles. The predicted molar refractivity (Wildman–Crippen MR) is 97.0 cm³/mol. The average Bonchev–Trinajstić information content (AvgIpc) is 2.39. The molecule has 0 amide bonds. The summed E-state index contributed by atoms with van der Waals surface area (Å²) in [6, 6.07) is 0. The molecule has 0 aliphatic carbocycles. The van der Waals surface area contributed by atoms with Gasteiger partial charge in [-0.1, -0.05) is 34.4 Å². The van der Waals surface area contributed by atoms with Gasteiger partial charge < -0.3 is 0 Å². The third-order valence-corrected chi connectivity index (χ3v) is 2.89. The Kier molecular flexibility index (Phi) is 23.4. The molecular weight excluding hydrogens is 437 g/mol. The second-order valence-corrected chi connectivity index (χ2v) is 5.94. The van der Waals surface area contributed by atoms with Crippen molar-refractivity contribution in [3.8, 4) is 0 Å². The van der Waals surface area contributed by atoms with Crippen LogP contribution in [-0.2, 0) is 9.59 Å². The molecule has 135 valence electrons. The van der Waals surface area contributed by atoms with Crippen molar-refractivity contribution in [1.82, 2.24) is 0 Å². The van der Waals surface area contributed by atoms with Gasteiger partial charge in [0.25, 0.3) is 0 Å². The zero-order valence-corrected chi connectivity index (χ0v) is 17.3. The van der Waals surface area contributed by atoms with Crippen LogP contribution in [0.25, 0.3) is 0 Å². The van der Waals surface area contributed by atoms with Gasteiger partial charge in [-0.15, -0.1) is 0 Å². The minimum Gasteiger partial charge on any atom is -0.299 e. The summed E-state index contributed by atoms with van der Waals surface area (Å²) in [5.41, 5.74) is 4.97. The fourth-order valence-electron chi connectivity index (χ4n) is 1.58. The number of carbonyl (C=O) groups is 2. The van der Waals surface area contributed by atoms with Gasteiger partial charge in [0, 0.05) is 37.7 Å². The van der Waals surface area contributed by atoms with E-state index in [-0.39, 0.29) is 37.7 Å². The molecule has 0 heterocycles. The molecule has 0 aromatic carbocycles. The number of aldehydes is 2. The molecule has 23 heavy (non-hydrogen) atoms. The summed E-state index contributed by atoms with van der Waals surface area (Å²) in [6.07, 6.45) is 13.4. The number of allylic oxidation sites excluding steroid dienone is 8. The van der Waals surface area contributed by atoms with Crippen LogP contribution in [0.4, 0.5) is 0 Å². The van der Waals surface area contributed by atoms with Gasteiger partial charge in [0.1, 0.15) is 12.6 Å². The molecule has 0 unspecified atom stereocenters. The van der Waals surface area contributed by atoms with Crippen LogP contribution < -0.4 is 0 Å². The molecule has 0 rings (SSSR count). The van der Waals surface area contributed by atoms with Crippen molar-refractivity contribution in [2.75, 3.05) is 0 Å². The summed E-state index contributed by atoms with van der Waals surface area (Å²) in [5, 5.41) is 0. The molecule has 0 atom stereocenters. The van der Waals surface area contributed by atoms with Gasteiger partial charge in [0.05, 0.1) is 0 Å². The first-order valence-electron chi connectivity index (χ1n) is 7.82. The van der Waals surface area contributed by atoms with E-state index in [0.29, 0.717) is 0 Å². The monoisotopic (exact) mass is 469 g/mol. The van der Waals surface area contributed by atoms with Gasteiger partial charge in [-0.25, -0.2) is 0 Å². The van der Waals surface area contributed by atoms with E-state index in [1.165, 1.54) is 11.1 Å².